The largest absolute Gasteiger partial charge is 0.383 e. The van der Waals surface area contributed by atoms with E-state index in [9.17, 15) is 8.42 Å². The lowest BCUT2D eigenvalue weighted by Gasteiger charge is -2.14. The molecule has 0 aliphatic heterocycles. The third-order valence-electron chi connectivity index (χ3n) is 2.14. The molecule has 1 aromatic rings. The summed E-state index contributed by atoms with van der Waals surface area (Å²) < 4.78 is 31.5. The average molecular weight is 274 g/mol. The first-order valence-corrected chi connectivity index (χ1v) is 7.34. The van der Waals surface area contributed by atoms with Crippen LogP contribution in [0.25, 0.3) is 0 Å². The molecule has 0 amide bonds. The van der Waals surface area contributed by atoms with E-state index in [1.54, 1.807) is 0 Å². The molecular weight excluding hydrogens is 260 g/mol. The van der Waals surface area contributed by atoms with Gasteiger partial charge in [-0.3, -0.25) is 0 Å². The Kier molecular flexibility index (Phi) is 5.08. The highest BCUT2D eigenvalue weighted by atomic mass is 32.2. The smallest absolute Gasteiger partial charge is 0.250 e. The zero-order valence-electron chi connectivity index (χ0n) is 9.63. The summed E-state index contributed by atoms with van der Waals surface area (Å²) in [6, 6.07) is 4.59. The van der Waals surface area contributed by atoms with Crippen LogP contribution < -0.4 is 4.72 Å². The zero-order chi connectivity index (χ0) is 12.9. The standard InChI is InChI=1S/C10H14N2O3S2/c1-3-8(7-15-2)12-17(13,14)10-5-4-9(6-11)16-10/h4-5,8,12H,3,7H2,1-2H3. The van der Waals surface area contributed by atoms with Crippen LogP contribution in [0.1, 0.15) is 18.2 Å². The minimum atomic E-state index is -3.55. The number of methoxy groups -OCH3 is 1. The van der Waals surface area contributed by atoms with Crippen molar-refractivity contribution >= 4 is 21.4 Å². The number of hydrogen-bond donors (Lipinski definition) is 1. The predicted molar refractivity (Wildman–Crippen MR) is 65.3 cm³/mol. The second-order valence-corrected chi connectivity index (χ2v) is 6.44. The van der Waals surface area contributed by atoms with Crippen LogP contribution in [0.15, 0.2) is 16.3 Å². The Morgan fingerprint density at radius 3 is 2.76 bits per heavy atom. The van der Waals surface area contributed by atoms with Gasteiger partial charge in [0.1, 0.15) is 15.2 Å². The number of hydrogen-bond acceptors (Lipinski definition) is 5. The van der Waals surface area contributed by atoms with Crippen LogP contribution in [0.5, 0.6) is 0 Å². The van der Waals surface area contributed by atoms with Gasteiger partial charge >= 0.3 is 0 Å². The average Bonchev–Trinajstić information content (AvgIpc) is 2.77. The number of nitriles is 1. The van der Waals surface area contributed by atoms with E-state index in [0.29, 0.717) is 17.9 Å². The lowest BCUT2D eigenvalue weighted by atomic mass is 10.3. The summed E-state index contributed by atoms with van der Waals surface area (Å²) in [4.78, 5) is 0.380. The number of thiophene rings is 1. The van der Waals surface area contributed by atoms with Gasteiger partial charge in [0.25, 0.3) is 0 Å². The van der Waals surface area contributed by atoms with Crippen molar-refractivity contribution in [3.63, 3.8) is 0 Å². The van der Waals surface area contributed by atoms with Crippen LogP contribution in [0.4, 0.5) is 0 Å². The summed E-state index contributed by atoms with van der Waals surface area (Å²) in [6.45, 7) is 2.20. The van der Waals surface area contributed by atoms with Crippen LogP contribution in [-0.4, -0.2) is 28.2 Å². The monoisotopic (exact) mass is 274 g/mol. The molecule has 1 rings (SSSR count). The molecule has 0 aliphatic rings. The van der Waals surface area contributed by atoms with Crippen molar-refractivity contribution in [3.05, 3.63) is 17.0 Å². The highest BCUT2D eigenvalue weighted by molar-refractivity contribution is 7.91. The molecule has 0 saturated carbocycles. The first-order valence-electron chi connectivity index (χ1n) is 5.04. The number of nitrogens with zero attached hydrogens (tertiary/aromatic N) is 1. The fourth-order valence-corrected chi connectivity index (χ4v) is 3.66. The molecule has 0 aliphatic carbocycles. The molecule has 1 aromatic heterocycles. The number of ether oxygens (including phenoxy) is 1. The molecule has 0 saturated heterocycles. The van der Waals surface area contributed by atoms with Gasteiger partial charge in [-0.15, -0.1) is 11.3 Å². The van der Waals surface area contributed by atoms with Gasteiger partial charge < -0.3 is 4.74 Å². The van der Waals surface area contributed by atoms with Crippen molar-refractivity contribution in [3.8, 4) is 6.07 Å². The molecule has 1 N–H and O–H groups in total. The minimum absolute atomic E-state index is 0.156. The lowest BCUT2D eigenvalue weighted by Crippen LogP contribution is -2.37. The maximum Gasteiger partial charge on any atom is 0.250 e. The summed E-state index contributed by atoms with van der Waals surface area (Å²) in [6.07, 6.45) is 0.642. The van der Waals surface area contributed by atoms with Crippen molar-refractivity contribution in [2.75, 3.05) is 13.7 Å². The number of rotatable bonds is 6. The summed E-state index contributed by atoms with van der Waals surface area (Å²) in [7, 11) is -2.02. The van der Waals surface area contributed by atoms with Gasteiger partial charge in [-0.05, 0) is 18.6 Å². The van der Waals surface area contributed by atoms with E-state index in [0.717, 1.165) is 11.3 Å². The van der Waals surface area contributed by atoms with Crippen molar-refractivity contribution < 1.29 is 13.2 Å². The van der Waals surface area contributed by atoms with E-state index in [1.165, 1.54) is 19.2 Å². The highest BCUT2D eigenvalue weighted by Gasteiger charge is 2.20. The number of sulfonamides is 1. The molecule has 0 spiro atoms. The lowest BCUT2D eigenvalue weighted by molar-refractivity contribution is 0.173. The van der Waals surface area contributed by atoms with Crippen LogP contribution >= 0.6 is 11.3 Å². The van der Waals surface area contributed by atoms with Gasteiger partial charge in [0, 0.05) is 13.2 Å². The maximum atomic E-state index is 11.9. The van der Waals surface area contributed by atoms with E-state index in [1.807, 2.05) is 13.0 Å². The minimum Gasteiger partial charge on any atom is -0.383 e. The topological polar surface area (TPSA) is 79.2 Å². The third-order valence-corrected chi connectivity index (χ3v) is 5.14. The fourth-order valence-electron chi connectivity index (χ4n) is 1.24. The fraction of sp³-hybridized carbons (Fsp3) is 0.500. The van der Waals surface area contributed by atoms with Crippen molar-refractivity contribution in [1.82, 2.24) is 4.72 Å². The summed E-state index contributed by atoms with van der Waals surface area (Å²) in [5.41, 5.74) is 0. The van der Waals surface area contributed by atoms with Crippen LogP contribution in [0.2, 0.25) is 0 Å². The van der Waals surface area contributed by atoms with Crippen molar-refractivity contribution in [2.45, 2.75) is 23.6 Å². The van der Waals surface area contributed by atoms with Gasteiger partial charge in [-0.2, -0.15) is 5.26 Å². The first-order chi connectivity index (χ1) is 8.03. The van der Waals surface area contributed by atoms with Crippen molar-refractivity contribution in [1.29, 1.82) is 5.26 Å². The van der Waals surface area contributed by atoms with Crippen LogP contribution in [0.3, 0.4) is 0 Å². The Hall–Kier alpha value is -0.940. The Morgan fingerprint density at radius 1 is 1.59 bits per heavy atom. The molecule has 0 bridgehead atoms. The normalized spacial score (nSPS) is 13.2. The van der Waals surface area contributed by atoms with Gasteiger partial charge in [0.2, 0.25) is 10.0 Å². The molecule has 17 heavy (non-hydrogen) atoms. The molecule has 0 aromatic carbocycles. The molecular formula is C10H14N2O3S2. The Bertz CT molecular complexity index is 502. The van der Waals surface area contributed by atoms with Gasteiger partial charge in [0.15, 0.2) is 0 Å². The van der Waals surface area contributed by atoms with E-state index in [4.69, 9.17) is 10.00 Å². The molecule has 94 valence electrons. The third kappa shape index (κ3) is 3.78. The molecule has 1 unspecified atom stereocenters. The van der Waals surface area contributed by atoms with Gasteiger partial charge in [-0.1, -0.05) is 6.92 Å². The summed E-state index contributed by atoms with van der Waals surface area (Å²) >= 11 is 0.958. The predicted octanol–water partition coefficient (Wildman–Crippen LogP) is 1.32. The van der Waals surface area contributed by atoms with Crippen LogP contribution in [-0.2, 0) is 14.8 Å². The molecule has 7 heteroatoms. The molecule has 5 nitrogen and oxygen atoms in total. The van der Waals surface area contributed by atoms with E-state index < -0.39 is 10.0 Å². The Morgan fingerprint density at radius 2 is 2.29 bits per heavy atom. The van der Waals surface area contributed by atoms with Crippen molar-refractivity contribution in [2.24, 2.45) is 0 Å². The number of nitrogens with one attached hydrogen (secondary N) is 1. The van der Waals surface area contributed by atoms with Gasteiger partial charge in [-0.25, -0.2) is 13.1 Å². The summed E-state index contributed by atoms with van der Waals surface area (Å²) in [5, 5.41) is 8.65. The highest BCUT2D eigenvalue weighted by Crippen LogP contribution is 2.21. The molecule has 1 heterocycles. The Labute approximate surface area is 105 Å². The van der Waals surface area contributed by atoms with Crippen LogP contribution in [0, 0.1) is 11.3 Å². The first kappa shape index (κ1) is 14.1. The molecule has 0 fully saturated rings. The Balaban J connectivity index is 2.84. The zero-order valence-corrected chi connectivity index (χ0v) is 11.3. The van der Waals surface area contributed by atoms with Gasteiger partial charge in [0.05, 0.1) is 6.61 Å². The van der Waals surface area contributed by atoms with E-state index in [2.05, 4.69) is 4.72 Å². The maximum absolute atomic E-state index is 11.9. The molecule has 1 atom stereocenters. The second kappa shape index (κ2) is 6.12. The molecule has 0 radical (unpaired) electrons. The van der Waals surface area contributed by atoms with E-state index >= 15 is 0 Å². The SMILES string of the molecule is CCC(COC)NS(=O)(=O)c1ccc(C#N)s1. The van der Waals surface area contributed by atoms with E-state index in [-0.39, 0.29) is 10.3 Å². The summed E-state index contributed by atoms with van der Waals surface area (Å²) in [5.74, 6) is 0. The second-order valence-electron chi connectivity index (χ2n) is 3.41. The quantitative estimate of drug-likeness (QED) is 0.848.